The smallest absolute Gasteiger partial charge is 0.325 e. The molecule has 0 aliphatic carbocycles. The predicted octanol–water partition coefficient (Wildman–Crippen LogP) is 4.42. The van der Waals surface area contributed by atoms with Crippen molar-refractivity contribution in [2.24, 2.45) is 0 Å². The summed E-state index contributed by atoms with van der Waals surface area (Å²) in [5, 5.41) is 11.1. The quantitative estimate of drug-likeness (QED) is 0.486. The standard InChI is InChI=1S/C21H19ClN4O4S/c22-14-2-1-3-15(9-14)24-20(28)26-21-25-16(11-31-21)5-7-19(27)23-10-13-4-6-17-18(8-13)30-12-29-17/h1-4,6,8-9,11H,5,7,10,12H2,(H,23,27)(H2,24,25,26,28). The molecular formula is C21H19ClN4O4S. The number of ether oxygens (including phenoxy) is 2. The molecule has 0 radical (unpaired) electrons. The molecule has 3 aromatic rings. The molecule has 0 spiro atoms. The minimum atomic E-state index is -0.412. The van der Waals surface area contributed by atoms with E-state index in [4.69, 9.17) is 21.1 Å². The number of hydrogen-bond donors (Lipinski definition) is 3. The normalized spacial score (nSPS) is 11.8. The number of aryl methyl sites for hydroxylation is 1. The highest BCUT2D eigenvalue weighted by Gasteiger charge is 2.14. The van der Waals surface area contributed by atoms with Crippen LogP contribution in [0.3, 0.4) is 0 Å². The fraction of sp³-hybridized carbons (Fsp3) is 0.190. The van der Waals surface area contributed by atoms with E-state index in [-0.39, 0.29) is 12.7 Å². The van der Waals surface area contributed by atoms with Crippen LogP contribution in [0.15, 0.2) is 47.8 Å². The number of benzene rings is 2. The van der Waals surface area contributed by atoms with Crippen LogP contribution in [0.25, 0.3) is 0 Å². The van der Waals surface area contributed by atoms with Gasteiger partial charge in [0.25, 0.3) is 0 Å². The van der Waals surface area contributed by atoms with Crippen molar-refractivity contribution in [3.05, 3.63) is 64.1 Å². The number of anilines is 2. The number of halogens is 1. The van der Waals surface area contributed by atoms with Crippen LogP contribution in [0.5, 0.6) is 11.5 Å². The highest BCUT2D eigenvalue weighted by Crippen LogP contribution is 2.32. The van der Waals surface area contributed by atoms with Crippen molar-refractivity contribution in [3.63, 3.8) is 0 Å². The number of urea groups is 1. The second-order valence-corrected chi connectivity index (χ2v) is 7.99. The number of carbonyl (C=O) groups excluding carboxylic acids is 2. The SMILES string of the molecule is O=C(CCc1csc(NC(=O)Nc2cccc(Cl)c2)n1)NCc1ccc2c(c1)OCO2. The maximum Gasteiger partial charge on any atom is 0.325 e. The summed E-state index contributed by atoms with van der Waals surface area (Å²) in [4.78, 5) is 28.6. The van der Waals surface area contributed by atoms with Crippen LogP contribution in [-0.2, 0) is 17.8 Å². The Hall–Kier alpha value is -3.30. The number of amides is 3. The van der Waals surface area contributed by atoms with Gasteiger partial charge in [-0.3, -0.25) is 10.1 Å². The van der Waals surface area contributed by atoms with Gasteiger partial charge in [0.2, 0.25) is 12.7 Å². The van der Waals surface area contributed by atoms with Gasteiger partial charge in [-0.15, -0.1) is 11.3 Å². The summed E-state index contributed by atoms with van der Waals surface area (Å²) in [7, 11) is 0. The molecule has 31 heavy (non-hydrogen) atoms. The number of rotatable bonds is 7. The van der Waals surface area contributed by atoms with Crippen molar-refractivity contribution < 1.29 is 19.1 Å². The minimum Gasteiger partial charge on any atom is -0.454 e. The highest BCUT2D eigenvalue weighted by atomic mass is 35.5. The summed E-state index contributed by atoms with van der Waals surface area (Å²) < 4.78 is 10.6. The molecule has 1 aliphatic heterocycles. The number of nitrogens with one attached hydrogen (secondary N) is 3. The van der Waals surface area contributed by atoms with E-state index in [0.29, 0.717) is 46.7 Å². The average molecular weight is 459 g/mol. The van der Waals surface area contributed by atoms with Crippen LogP contribution in [0.1, 0.15) is 17.7 Å². The first kappa shape index (κ1) is 21.0. The van der Waals surface area contributed by atoms with E-state index < -0.39 is 6.03 Å². The van der Waals surface area contributed by atoms with Gasteiger partial charge in [-0.05, 0) is 42.3 Å². The van der Waals surface area contributed by atoms with Gasteiger partial charge in [-0.25, -0.2) is 9.78 Å². The zero-order valence-corrected chi connectivity index (χ0v) is 17.9. The molecule has 0 fully saturated rings. The van der Waals surface area contributed by atoms with E-state index in [2.05, 4.69) is 20.9 Å². The average Bonchev–Trinajstić information content (AvgIpc) is 3.39. The Kier molecular flexibility index (Phi) is 6.54. The van der Waals surface area contributed by atoms with Gasteiger partial charge in [-0.1, -0.05) is 23.7 Å². The van der Waals surface area contributed by atoms with Gasteiger partial charge in [0.1, 0.15) is 0 Å². The lowest BCUT2D eigenvalue weighted by Crippen LogP contribution is -2.23. The molecule has 0 saturated carbocycles. The summed E-state index contributed by atoms with van der Waals surface area (Å²) >= 11 is 7.20. The number of fused-ring (bicyclic) bond motifs is 1. The summed E-state index contributed by atoms with van der Waals surface area (Å²) in [6.45, 7) is 0.626. The second kappa shape index (κ2) is 9.67. The second-order valence-electron chi connectivity index (χ2n) is 6.70. The van der Waals surface area contributed by atoms with E-state index >= 15 is 0 Å². The zero-order chi connectivity index (χ0) is 21.6. The van der Waals surface area contributed by atoms with Crippen LogP contribution in [0.4, 0.5) is 15.6 Å². The van der Waals surface area contributed by atoms with Crippen LogP contribution < -0.4 is 25.4 Å². The monoisotopic (exact) mass is 458 g/mol. The van der Waals surface area contributed by atoms with Gasteiger partial charge in [-0.2, -0.15) is 0 Å². The summed E-state index contributed by atoms with van der Waals surface area (Å²) in [5.74, 6) is 1.32. The van der Waals surface area contributed by atoms with Crippen LogP contribution in [-0.4, -0.2) is 23.7 Å². The van der Waals surface area contributed by atoms with Crippen LogP contribution in [0.2, 0.25) is 5.02 Å². The maximum atomic E-state index is 12.2. The fourth-order valence-electron chi connectivity index (χ4n) is 2.89. The number of hydrogen-bond acceptors (Lipinski definition) is 6. The third-order valence-electron chi connectivity index (χ3n) is 4.39. The van der Waals surface area contributed by atoms with Crippen molar-refractivity contribution in [3.8, 4) is 11.5 Å². The minimum absolute atomic E-state index is 0.0844. The lowest BCUT2D eigenvalue weighted by atomic mass is 10.2. The molecule has 160 valence electrons. The molecule has 2 heterocycles. The number of aromatic nitrogens is 1. The molecule has 1 aliphatic rings. The molecule has 4 rings (SSSR count). The first-order valence-electron chi connectivity index (χ1n) is 9.48. The zero-order valence-electron chi connectivity index (χ0n) is 16.3. The molecule has 2 aromatic carbocycles. The third-order valence-corrected chi connectivity index (χ3v) is 5.43. The van der Waals surface area contributed by atoms with E-state index in [9.17, 15) is 9.59 Å². The molecule has 0 saturated heterocycles. The molecule has 10 heteroatoms. The third kappa shape index (κ3) is 5.87. The number of nitrogens with zero attached hydrogens (tertiary/aromatic N) is 1. The Morgan fingerprint density at radius 1 is 1.10 bits per heavy atom. The van der Waals surface area contributed by atoms with Crippen molar-refractivity contribution in [1.29, 1.82) is 0 Å². The Bertz CT molecular complexity index is 1100. The van der Waals surface area contributed by atoms with E-state index in [1.807, 2.05) is 23.6 Å². The molecule has 8 nitrogen and oxygen atoms in total. The van der Waals surface area contributed by atoms with E-state index in [1.54, 1.807) is 24.3 Å². The number of carbonyl (C=O) groups is 2. The Morgan fingerprint density at radius 3 is 2.84 bits per heavy atom. The Balaban J connectivity index is 1.20. The largest absolute Gasteiger partial charge is 0.454 e. The van der Waals surface area contributed by atoms with Crippen LogP contribution in [0, 0.1) is 0 Å². The van der Waals surface area contributed by atoms with Gasteiger partial charge >= 0.3 is 6.03 Å². The van der Waals surface area contributed by atoms with Crippen molar-refractivity contribution in [2.75, 3.05) is 17.4 Å². The fourth-order valence-corrected chi connectivity index (χ4v) is 3.82. The predicted molar refractivity (Wildman–Crippen MR) is 119 cm³/mol. The van der Waals surface area contributed by atoms with E-state index in [0.717, 1.165) is 11.3 Å². The van der Waals surface area contributed by atoms with E-state index in [1.165, 1.54) is 11.3 Å². The molecule has 0 unspecified atom stereocenters. The highest BCUT2D eigenvalue weighted by molar-refractivity contribution is 7.13. The van der Waals surface area contributed by atoms with Crippen molar-refractivity contribution in [1.82, 2.24) is 10.3 Å². The van der Waals surface area contributed by atoms with Crippen molar-refractivity contribution in [2.45, 2.75) is 19.4 Å². The molecule has 0 bridgehead atoms. The molecule has 1 aromatic heterocycles. The maximum absolute atomic E-state index is 12.2. The van der Waals surface area contributed by atoms with Gasteiger partial charge in [0, 0.05) is 29.1 Å². The van der Waals surface area contributed by atoms with Gasteiger partial charge in [0.15, 0.2) is 16.6 Å². The Morgan fingerprint density at radius 2 is 1.97 bits per heavy atom. The van der Waals surface area contributed by atoms with Gasteiger partial charge in [0.05, 0.1) is 5.69 Å². The Labute approximate surface area is 187 Å². The van der Waals surface area contributed by atoms with Crippen molar-refractivity contribution >= 4 is 45.7 Å². The number of thiazole rings is 1. The first-order valence-corrected chi connectivity index (χ1v) is 10.7. The lowest BCUT2D eigenvalue weighted by molar-refractivity contribution is -0.121. The molecule has 0 atom stereocenters. The molecule has 3 N–H and O–H groups in total. The van der Waals surface area contributed by atoms with Gasteiger partial charge < -0.3 is 20.1 Å². The first-order chi connectivity index (χ1) is 15.0. The van der Waals surface area contributed by atoms with Crippen LogP contribution >= 0.6 is 22.9 Å². The summed E-state index contributed by atoms with van der Waals surface area (Å²) in [5.41, 5.74) is 2.26. The topological polar surface area (TPSA) is 102 Å². The summed E-state index contributed by atoms with van der Waals surface area (Å²) in [6, 6.07) is 12.0. The summed E-state index contributed by atoms with van der Waals surface area (Å²) in [6.07, 6.45) is 0.767. The lowest BCUT2D eigenvalue weighted by Gasteiger charge is -2.06. The molecular weight excluding hydrogens is 440 g/mol. The molecule has 3 amide bonds.